The molecular weight excluding hydrogens is 294 g/mol. The topological polar surface area (TPSA) is 12.5 Å². The second kappa shape index (κ2) is 6.91. The normalized spacial score (nSPS) is 29.2. The van der Waals surface area contributed by atoms with E-state index < -0.39 is 0 Å². The first kappa shape index (κ1) is 22.0. The number of hydrogen-bond donors (Lipinski definition) is 0. The van der Waals surface area contributed by atoms with Crippen molar-refractivity contribution in [2.45, 2.75) is 114 Å². The van der Waals surface area contributed by atoms with Gasteiger partial charge in [-0.25, -0.2) is 0 Å². The van der Waals surface area contributed by atoms with Gasteiger partial charge in [-0.3, -0.25) is 4.90 Å². The molecule has 3 unspecified atom stereocenters. The predicted octanol–water partition coefficient (Wildman–Crippen LogP) is 6.35. The Kier molecular flexibility index (Phi) is 6.32. The fourth-order valence-electron chi connectivity index (χ4n) is 4.44. The second-order valence-electron chi connectivity index (χ2n) is 12.1. The highest BCUT2D eigenvalue weighted by atomic mass is 16.5. The average Bonchev–Trinajstić information content (AvgIpc) is 2.20. The Labute approximate surface area is 152 Å². The summed E-state index contributed by atoms with van der Waals surface area (Å²) in [5.41, 5.74) is 0.657. The van der Waals surface area contributed by atoms with Crippen molar-refractivity contribution >= 4 is 0 Å². The van der Waals surface area contributed by atoms with E-state index in [1.807, 2.05) is 0 Å². The van der Waals surface area contributed by atoms with Gasteiger partial charge in [0.05, 0.1) is 0 Å². The first-order valence-electron chi connectivity index (χ1n) is 9.87. The summed E-state index contributed by atoms with van der Waals surface area (Å²) in [6.07, 6.45) is 2.56. The van der Waals surface area contributed by atoms with E-state index in [2.05, 4.69) is 88.0 Å². The van der Waals surface area contributed by atoms with Crippen LogP contribution < -0.4 is 0 Å². The van der Waals surface area contributed by atoms with E-state index in [0.717, 1.165) is 6.61 Å². The predicted molar refractivity (Wildman–Crippen MR) is 106 cm³/mol. The Morgan fingerprint density at radius 2 is 1.21 bits per heavy atom. The van der Waals surface area contributed by atoms with Crippen molar-refractivity contribution in [2.75, 3.05) is 6.61 Å². The summed E-state index contributed by atoms with van der Waals surface area (Å²) in [5, 5.41) is 0. The molecule has 1 rings (SSSR count). The summed E-state index contributed by atoms with van der Waals surface area (Å²) in [4.78, 5) is 2.72. The van der Waals surface area contributed by atoms with Gasteiger partial charge in [0.25, 0.3) is 0 Å². The van der Waals surface area contributed by atoms with Crippen LogP contribution in [0.4, 0.5) is 0 Å². The van der Waals surface area contributed by atoms with Crippen molar-refractivity contribution in [3.63, 3.8) is 0 Å². The van der Waals surface area contributed by atoms with Gasteiger partial charge in [-0.2, -0.15) is 0 Å². The minimum atomic E-state index is 0.0662. The molecule has 1 saturated heterocycles. The maximum atomic E-state index is 6.50. The smallest absolute Gasteiger partial charge is 0.116 e. The van der Waals surface area contributed by atoms with Crippen LogP contribution in [-0.2, 0) is 4.74 Å². The van der Waals surface area contributed by atoms with Crippen LogP contribution in [0.1, 0.15) is 95.9 Å². The van der Waals surface area contributed by atoms with Gasteiger partial charge in [0, 0.05) is 23.6 Å². The minimum absolute atomic E-state index is 0.0662. The third kappa shape index (κ3) is 5.21. The molecule has 1 fully saturated rings. The Morgan fingerprint density at radius 1 is 0.708 bits per heavy atom. The average molecular weight is 340 g/mol. The van der Waals surface area contributed by atoms with Gasteiger partial charge >= 0.3 is 0 Å². The van der Waals surface area contributed by atoms with Gasteiger partial charge in [-0.15, -0.1) is 0 Å². The third-order valence-electron chi connectivity index (χ3n) is 5.38. The summed E-state index contributed by atoms with van der Waals surface area (Å²) in [6, 6.07) is 0.488. The van der Waals surface area contributed by atoms with Crippen molar-refractivity contribution in [3.8, 4) is 0 Å². The number of hydrogen-bond acceptors (Lipinski definition) is 2. The van der Waals surface area contributed by atoms with Crippen molar-refractivity contribution in [3.05, 3.63) is 0 Å². The van der Waals surface area contributed by atoms with Crippen molar-refractivity contribution in [2.24, 2.45) is 22.2 Å². The van der Waals surface area contributed by atoms with E-state index in [4.69, 9.17) is 4.74 Å². The molecule has 3 atom stereocenters. The molecule has 1 aliphatic heterocycles. The number of rotatable bonds is 0. The summed E-state index contributed by atoms with van der Waals surface area (Å²) < 4.78 is 6.50. The standard InChI is InChI=1S/C22H45NO/c1-19(2,3)16-14-13-15-24-18(21(7,8)9)23(22(10,11)12)17(16)20(4,5)6/h16-18H,13-15H2,1-12H3. The zero-order valence-electron chi connectivity index (χ0n) is 18.7. The molecule has 2 heteroatoms. The van der Waals surface area contributed by atoms with Crippen LogP contribution >= 0.6 is 0 Å². The Hall–Kier alpha value is -0.0800. The van der Waals surface area contributed by atoms with Crippen molar-refractivity contribution < 1.29 is 4.74 Å². The van der Waals surface area contributed by atoms with Crippen LogP contribution in [0.3, 0.4) is 0 Å². The molecule has 0 aromatic heterocycles. The fraction of sp³-hybridized carbons (Fsp3) is 1.00. The van der Waals surface area contributed by atoms with E-state index >= 15 is 0 Å². The molecule has 0 spiro atoms. The molecule has 144 valence electrons. The molecule has 2 nitrogen and oxygen atoms in total. The van der Waals surface area contributed by atoms with Crippen molar-refractivity contribution in [1.29, 1.82) is 0 Å². The maximum Gasteiger partial charge on any atom is 0.116 e. The largest absolute Gasteiger partial charge is 0.363 e. The van der Waals surface area contributed by atoms with Gasteiger partial charge in [0.2, 0.25) is 0 Å². The minimum Gasteiger partial charge on any atom is -0.363 e. The highest BCUT2D eigenvalue weighted by Gasteiger charge is 2.50. The molecule has 1 heterocycles. The lowest BCUT2D eigenvalue weighted by molar-refractivity contribution is -0.209. The van der Waals surface area contributed by atoms with E-state index in [9.17, 15) is 0 Å². The van der Waals surface area contributed by atoms with Gasteiger partial charge in [-0.1, -0.05) is 62.3 Å². The summed E-state index contributed by atoms with van der Waals surface area (Å²) in [6.45, 7) is 29.4. The summed E-state index contributed by atoms with van der Waals surface area (Å²) in [7, 11) is 0. The van der Waals surface area contributed by atoms with E-state index in [0.29, 0.717) is 17.4 Å². The zero-order chi connectivity index (χ0) is 19.1. The first-order chi connectivity index (χ1) is 10.5. The number of ether oxygens (including phenoxy) is 1. The Morgan fingerprint density at radius 3 is 1.54 bits per heavy atom. The Bertz CT molecular complexity index is 360. The highest BCUT2D eigenvalue weighted by molar-refractivity contribution is 5.00. The molecule has 0 aliphatic carbocycles. The highest BCUT2D eigenvalue weighted by Crippen LogP contribution is 2.47. The summed E-state index contributed by atoms with van der Waals surface area (Å²) >= 11 is 0. The lowest BCUT2D eigenvalue weighted by Crippen LogP contribution is -2.65. The number of nitrogens with zero attached hydrogens (tertiary/aromatic N) is 1. The molecule has 0 bridgehead atoms. The van der Waals surface area contributed by atoms with E-state index in [1.165, 1.54) is 12.8 Å². The van der Waals surface area contributed by atoms with Crippen LogP contribution in [0.2, 0.25) is 0 Å². The molecular formula is C22H45NO. The SMILES string of the molecule is CC(C)(C)C1CCCOC(C(C)(C)C)N(C(C)(C)C)C1C(C)(C)C. The van der Waals surface area contributed by atoms with Crippen LogP contribution in [0.25, 0.3) is 0 Å². The molecule has 0 amide bonds. The van der Waals surface area contributed by atoms with Crippen LogP contribution in [0.5, 0.6) is 0 Å². The van der Waals surface area contributed by atoms with Gasteiger partial charge < -0.3 is 4.74 Å². The van der Waals surface area contributed by atoms with Crippen LogP contribution in [0.15, 0.2) is 0 Å². The maximum absolute atomic E-state index is 6.50. The molecule has 0 radical (unpaired) electrons. The summed E-state index contributed by atoms with van der Waals surface area (Å²) in [5.74, 6) is 0.658. The molecule has 1 aliphatic rings. The van der Waals surface area contributed by atoms with Crippen LogP contribution in [0, 0.1) is 22.2 Å². The quantitative estimate of drug-likeness (QED) is 0.510. The monoisotopic (exact) mass is 339 g/mol. The van der Waals surface area contributed by atoms with Gasteiger partial charge in [0.1, 0.15) is 6.23 Å². The van der Waals surface area contributed by atoms with E-state index in [-0.39, 0.29) is 22.6 Å². The third-order valence-corrected chi connectivity index (χ3v) is 5.38. The van der Waals surface area contributed by atoms with Gasteiger partial charge in [-0.05, 0) is 50.4 Å². The molecule has 0 N–H and O–H groups in total. The Balaban J connectivity index is 3.57. The fourth-order valence-corrected chi connectivity index (χ4v) is 4.44. The molecule has 24 heavy (non-hydrogen) atoms. The van der Waals surface area contributed by atoms with Crippen LogP contribution in [-0.4, -0.2) is 29.3 Å². The van der Waals surface area contributed by atoms with Gasteiger partial charge in [0.15, 0.2) is 0 Å². The first-order valence-corrected chi connectivity index (χ1v) is 9.87. The second-order valence-corrected chi connectivity index (χ2v) is 12.1. The van der Waals surface area contributed by atoms with E-state index in [1.54, 1.807) is 0 Å². The molecule has 0 saturated carbocycles. The lowest BCUT2D eigenvalue weighted by Gasteiger charge is -2.59. The molecule has 0 aromatic carbocycles. The molecule has 0 aromatic rings. The van der Waals surface area contributed by atoms with Crippen molar-refractivity contribution in [1.82, 2.24) is 4.90 Å². The lowest BCUT2D eigenvalue weighted by atomic mass is 9.64. The zero-order valence-corrected chi connectivity index (χ0v) is 18.7.